The second kappa shape index (κ2) is 12.3. The van der Waals surface area contributed by atoms with Crippen LogP contribution in [0.3, 0.4) is 0 Å². The molecule has 2 fully saturated rings. The topological polar surface area (TPSA) is 103 Å². The van der Waals surface area contributed by atoms with E-state index < -0.39 is 9.84 Å². The number of rotatable bonds is 8. The van der Waals surface area contributed by atoms with Crippen LogP contribution >= 0.6 is 24.0 Å². The van der Waals surface area contributed by atoms with E-state index in [0.29, 0.717) is 25.5 Å². The maximum absolute atomic E-state index is 12.1. The molecule has 10 heteroatoms. The van der Waals surface area contributed by atoms with Crippen LogP contribution in [0.5, 0.6) is 0 Å². The van der Waals surface area contributed by atoms with Gasteiger partial charge in [0.05, 0.1) is 18.1 Å². The summed E-state index contributed by atoms with van der Waals surface area (Å²) in [5, 5.41) is 9.25. The van der Waals surface area contributed by atoms with E-state index >= 15 is 0 Å². The van der Waals surface area contributed by atoms with Gasteiger partial charge in [0.15, 0.2) is 15.8 Å². The molecule has 0 spiro atoms. The first-order chi connectivity index (χ1) is 13.2. The van der Waals surface area contributed by atoms with Gasteiger partial charge < -0.3 is 16.0 Å². The molecule has 3 N–H and O–H groups in total. The van der Waals surface area contributed by atoms with Crippen LogP contribution in [0.15, 0.2) is 4.99 Å². The third kappa shape index (κ3) is 9.37. The van der Waals surface area contributed by atoms with Gasteiger partial charge in [-0.2, -0.15) is 0 Å². The summed E-state index contributed by atoms with van der Waals surface area (Å²) < 4.78 is 22.9. The number of nitrogens with zero attached hydrogens (tertiary/aromatic N) is 2. The molecule has 170 valence electrons. The summed E-state index contributed by atoms with van der Waals surface area (Å²) in [5.41, 5.74) is 0.00805. The number of aliphatic imine (C=N–C) groups is 1. The van der Waals surface area contributed by atoms with Gasteiger partial charge in [0.1, 0.15) is 0 Å². The van der Waals surface area contributed by atoms with E-state index in [1.54, 1.807) is 0 Å². The van der Waals surface area contributed by atoms with Gasteiger partial charge in [-0.15, -0.1) is 24.0 Å². The Hall–Kier alpha value is -0.620. The van der Waals surface area contributed by atoms with Crippen molar-refractivity contribution in [3.63, 3.8) is 0 Å². The van der Waals surface area contributed by atoms with Crippen molar-refractivity contribution in [2.75, 3.05) is 44.2 Å². The predicted molar refractivity (Wildman–Crippen MR) is 129 cm³/mol. The highest BCUT2D eigenvalue weighted by atomic mass is 127. The minimum atomic E-state index is -2.98. The third-order valence-corrected chi connectivity index (χ3v) is 7.19. The quantitative estimate of drug-likeness (QED) is 0.241. The van der Waals surface area contributed by atoms with Crippen molar-refractivity contribution in [1.29, 1.82) is 0 Å². The number of hydrogen-bond acceptors (Lipinski definition) is 5. The van der Waals surface area contributed by atoms with Crippen LogP contribution in [0.1, 0.15) is 52.9 Å². The highest BCUT2D eigenvalue weighted by Gasteiger charge is 2.29. The lowest BCUT2D eigenvalue weighted by Gasteiger charge is -2.40. The average Bonchev–Trinajstić information content (AvgIpc) is 2.98. The molecule has 0 aromatic heterocycles. The zero-order valence-electron chi connectivity index (χ0n) is 18.0. The van der Waals surface area contributed by atoms with Gasteiger partial charge in [-0.25, -0.2) is 8.42 Å². The number of guanidine groups is 1. The molecule has 0 radical (unpaired) electrons. The van der Waals surface area contributed by atoms with Crippen molar-refractivity contribution in [3.8, 4) is 0 Å². The Morgan fingerprint density at radius 1 is 1.17 bits per heavy atom. The van der Waals surface area contributed by atoms with E-state index in [1.165, 1.54) is 19.3 Å². The molecule has 0 aromatic carbocycles. The van der Waals surface area contributed by atoms with Gasteiger partial charge in [0, 0.05) is 31.1 Å². The molecule has 0 bridgehead atoms. The Bertz CT molecular complexity index is 648. The monoisotopic (exact) mass is 543 g/mol. The smallest absolute Gasteiger partial charge is 0.222 e. The van der Waals surface area contributed by atoms with Crippen LogP contribution in [0.25, 0.3) is 0 Å². The van der Waals surface area contributed by atoms with Crippen LogP contribution in [-0.4, -0.2) is 81.0 Å². The molecule has 1 atom stereocenters. The van der Waals surface area contributed by atoms with Crippen molar-refractivity contribution in [2.45, 2.75) is 64.5 Å². The second-order valence-corrected chi connectivity index (χ2v) is 10.6. The molecule has 2 saturated heterocycles. The summed E-state index contributed by atoms with van der Waals surface area (Å²) in [6, 6.07) is -0.246. The van der Waals surface area contributed by atoms with Gasteiger partial charge in [-0.05, 0) is 53.1 Å². The molecule has 1 amide bonds. The van der Waals surface area contributed by atoms with Gasteiger partial charge in [-0.3, -0.25) is 14.7 Å². The summed E-state index contributed by atoms with van der Waals surface area (Å²) in [7, 11) is -2.98. The number of hydrogen-bond donors (Lipinski definition) is 3. The van der Waals surface area contributed by atoms with Gasteiger partial charge in [0.2, 0.25) is 5.91 Å². The van der Waals surface area contributed by atoms with Crippen molar-refractivity contribution >= 4 is 45.7 Å². The Morgan fingerprint density at radius 2 is 1.86 bits per heavy atom. The number of amides is 1. The molecular formula is C19H38IN5O3S. The largest absolute Gasteiger partial charge is 0.357 e. The zero-order valence-corrected chi connectivity index (χ0v) is 21.1. The number of carbonyl (C=O) groups excluding carboxylic acids is 1. The fourth-order valence-electron chi connectivity index (χ4n) is 3.72. The SMILES string of the molecule is CCNC(=NCC(C)(C)N1CCCCC1)NCCC(=O)NC1CCS(=O)(=O)C1.I. The molecule has 2 aliphatic heterocycles. The number of likely N-dealkylation sites (tertiary alicyclic amines) is 1. The molecule has 0 aromatic rings. The molecule has 2 aliphatic rings. The highest BCUT2D eigenvalue weighted by Crippen LogP contribution is 2.20. The first-order valence-corrected chi connectivity index (χ1v) is 12.3. The Labute approximate surface area is 193 Å². The van der Waals surface area contributed by atoms with Crippen LogP contribution in [0.2, 0.25) is 0 Å². The molecular weight excluding hydrogens is 505 g/mol. The Kier molecular flexibility index (Phi) is 11.2. The van der Waals surface area contributed by atoms with E-state index in [0.717, 1.165) is 19.6 Å². The summed E-state index contributed by atoms with van der Waals surface area (Å²) in [6.45, 7) is 10.6. The fraction of sp³-hybridized carbons (Fsp3) is 0.895. The van der Waals surface area contributed by atoms with Crippen molar-refractivity contribution in [1.82, 2.24) is 20.9 Å². The van der Waals surface area contributed by atoms with Gasteiger partial charge in [-0.1, -0.05) is 6.42 Å². The number of nitrogens with one attached hydrogen (secondary N) is 3. The number of halogens is 1. The summed E-state index contributed by atoms with van der Waals surface area (Å²) in [5.74, 6) is 0.810. The van der Waals surface area contributed by atoms with E-state index in [9.17, 15) is 13.2 Å². The maximum Gasteiger partial charge on any atom is 0.222 e. The molecule has 2 rings (SSSR count). The van der Waals surface area contributed by atoms with E-state index in [2.05, 4.69) is 34.7 Å². The van der Waals surface area contributed by atoms with Crippen molar-refractivity contribution < 1.29 is 13.2 Å². The van der Waals surface area contributed by atoms with E-state index in [4.69, 9.17) is 4.99 Å². The van der Waals surface area contributed by atoms with Crippen LogP contribution in [-0.2, 0) is 14.6 Å². The molecule has 0 saturated carbocycles. The second-order valence-electron chi connectivity index (χ2n) is 8.40. The van der Waals surface area contributed by atoms with Crippen LogP contribution in [0, 0.1) is 0 Å². The Morgan fingerprint density at radius 3 is 2.45 bits per heavy atom. The third-order valence-electron chi connectivity index (χ3n) is 5.42. The molecule has 2 heterocycles. The Balaban J connectivity index is 0.00000420. The first kappa shape index (κ1) is 26.4. The summed E-state index contributed by atoms with van der Waals surface area (Å²) >= 11 is 0. The lowest BCUT2D eigenvalue weighted by molar-refractivity contribution is -0.121. The maximum atomic E-state index is 12.1. The van der Waals surface area contributed by atoms with Crippen molar-refractivity contribution in [2.24, 2.45) is 4.99 Å². The van der Waals surface area contributed by atoms with Gasteiger partial charge >= 0.3 is 0 Å². The van der Waals surface area contributed by atoms with Crippen LogP contribution < -0.4 is 16.0 Å². The molecule has 29 heavy (non-hydrogen) atoms. The fourth-order valence-corrected chi connectivity index (χ4v) is 5.39. The lowest BCUT2D eigenvalue weighted by atomic mass is 9.99. The zero-order chi connectivity index (χ0) is 20.6. The number of carbonyl (C=O) groups is 1. The number of piperidine rings is 1. The normalized spacial score (nSPS) is 22.6. The molecule has 1 unspecified atom stereocenters. The summed E-state index contributed by atoms with van der Waals surface area (Å²) in [4.78, 5) is 19.3. The molecule has 0 aliphatic carbocycles. The van der Waals surface area contributed by atoms with Crippen LogP contribution in [0.4, 0.5) is 0 Å². The average molecular weight is 544 g/mol. The number of sulfone groups is 1. The van der Waals surface area contributed by atoms with Gasteiger partial charge in [0.25, 0.3) is 0 Å². The van der Waals surface area contributed by atoms with E-state index in [1.807, 2.05) is 6.92 Å². The lowest BCUT2D eigenvalue weighted by Crippen LogP contribution is -2.49. The summed E-state index contributed by atoms with van der Waals surface area (Å²) in [6.07, 6.45) is 4.62. The minimum absolute atomic E-state index is 0. The first-order valence-electron chi connectivity index (χ1n) is 10.5. The van der Waals surface area contributed by atoms with Crippen molar-refractivity contribution in [3.05, 3.63) is 0 Å². The predicted octanol–water partition coefficient (Wildman–Crippen LogP) is 1.12. The highest BCUT2D eigenvalue weighted by molar-refractivity contribution is 14.0. The minimum Gasteiger partial charge on any atom is -0.357 e. The van der Waals surface area contributed by atoms with E-state index in [-0.39, 0.29) is 59.4 Å². The molecule has 8 nitrogen and oxygen atoms in total. The standard InChI is InChI=1S/C19H37N5O3S.HI/c1-4-20-18(22-15-19(2,3)24-11-6-5-7-12-24)21-10-8-17(25)23-16-9-13-28(26,27)14-16;/h16H,4-15H2,1-3H3,(H,23,25)(H2,20,21,22);1H.